The molecular weight excluding hydrogens is 290 g/mol. The molecule has 1 heterocycles. The Morgan fingerprint density at radius 1 is 1.22 bits per heavy atom. The molecule has 0 saturated carbocycles. The number of hydrogen-bond acceptors (Lipinski definition) is 3. The van der Waals surface area contributed by atoms with Gasteiger partial charge in [0.1, 0.15) is 0 Å². The van der Waals surface area contributed by atoms with Crippen molar-refractivity contribution in [3.63, 3.8) is 0 Å². The van der Waals surface area contributed by atoms with Gasteiger partial charge in [0.05, 0.1) is 5.41 Å². The van der Waals surface area contributed by atoms with E-state index in [1.807, 2.05) is 51.1 Å². The van der Waals surface area contributed by atoms with Crippen LogP contribution in [-0.2, 0) is 17.9 Å². The summed E-state index contributed by atoms with van der Waals surface area (Å²) in [4.78, 5) is 24.5. The Balaban J connectivity index is 2.11. The smallest absolute Gasteiger partial charge is 0.250 e. The first-order valence-electron chi connectivity index (χ1n) is 7.59. The van der Waals surface area contributed by atoms with Gasteiger partial charge in [0, 0.05) is 31.0 Å². The lowest BCUT2D eigenvalue weighted by atomic mass is 9.92. The lowest BCUT2D eigenvalue weighted by Crippen LogP contribution is -2.37. The van der Waals surface area contributed by atoms with Gasteiger partial charge in [-0.05, 0) is 50.1 Å². The highest BCUT2D eigenvalue weighted by Gasteiger charge is 2.28. The average molecular weight is 313 g/mol. The van der Waals surface area contributed by atoms with Crippen LogP contribution in [0.4, 0.5) is 5.69 Å². The number of nitrogens with one attached hydrogen (secondary N) is 1. The molecule has 2 rings (SSSR count). The van der Waals surface area contributed by atoms with Crippen LogP contribution in [0.2, 0.25) is 0 Å². The molecule has 122 valence electrons. The summed E-state index contributed by atoms with van der Waals surface area (Å²) in [5, 5.41) is 2.89. The number of amides is 1. The highest BCUT2D eigenvalue weighted by Crippen LogP contribution is 2.21. The van der Waals surface area contributed by atoms with E-state index < -0.39 is 5.41 Å². The molecule has 23 heavy (non-hydrogen) atoms. The maximum absolute atomic E-state index is 12.5. The average Bonchev–Trinajstić information content (AvgIpc) is 2.51. The second-order valence-electron chi connectivity index (χ2n) is 6.41. The number of anilines is 1. The summed E-state index contributed by atoms with van der Waals surface area (Å²) in [6, 6.07) is 10.9. The molecule has 5 heteroatoms. The summed E-state index contributed by atoms with van der Waals surface area (Å²) in [5.41, 5.74) is 7.38. The standard InChI is InChI=1S/C18H23N3O2/c1-13-8-9-21(16(22)10-13)12-18(2,3)17(23)20-15-6-4-14(11-19)5-7-15/h4-10H,11-12,19H2,1-3H3,(H,20,23). The number of carbonyl (C=O) groups is 1. The number of aromatic nitrogens is 1. The molecule has 0 aliphatic heterocycles. The van der Waals surface area contributed by atoms with Crippen molar-refractivity contribution in [1.29, 1.82) is 0 Å². The highest BCUT2D eigenvalue weighted by molar-refractivity contribution is 5.94. The van der Waals surface area contributed by atoms with E-state index in [0.29, 0.717) is 13.1 Å². The Morgan fingerprint density at radius 2 is 1.87 bits per heavy atom. The van der Waals surface area contributed by atoms with Gasteiger partial charge in [0.15, 0.2) is 0 Å². The number of aryl methyl sites for hydroxylation is 1. The third kappa shape index (κ3) is 4.29. The summed E-state index contributed by atoms with van der Waals surface area (Å²) >= 11 is 0. The summed E-state index contributed by atoms with van der Waals surface area (Å²) in [5.74, 6) is -0.134. The van der Waals surface area contributed by atoms with E-state index in [1.54, 1.807) is 16.8 Å². The third-order valence-corrected chi connectivity index (χ3v) is 3.78. The van der Waals surface area contributed by atoms with Gasteiger partial charge in [-0.3, -0.25) is 9.59 Å². The van der Waals surface area contributed by atoms with Crippen LogP contribution in [0.15, 0.2) is 47.4 Å². The minimum atomic E-state index is -0.717. The van der Waals surface area contributed by atoms with Crippen LogP contribution in [0.1, 0.15) is 25.0 Å². The fraction of sp³-hybridized carbons (Fsp3) is 0.333. The van der Waals surface area contributed by atoms with E-state index in [1.165, 1.54) is 0 Å². The van der Waals surface area contributed by atoms with Crippen molar-refractivity contribution in [2.75, 3.05) is 5.32 Å². The van der Waals surface area contributed by atoms with Gasteiger partial charge in [0.25, 0.3) is 5.56 Å². The Kier molecular flexibility index (Phi) is 5.01. The first kappa shape index (κ1) is 17.0. The number of carbonyl (C=O) groups excluding carboxylic acids is 1. The van der Waals surface area contributed by atoms with Crippen LogP contribution < -0.4 is 16.6 Å². The number of nitrogens with two attached hydrogens (primary N) is 1. The van der Waals surface area contributed by atoms with E-state index in [0.717, 1.165) is 16.8 Å². The van der Waals surface area contributed by atoms with Crippen molar-refractivity contribution in [3.05, 3.63) is 64.1 Å². The van der Waals surface area contributed by atoms with E-state index in [2.05, 4.69) is 5.32 Å². The fourth-order valence-electron chi connectivity index (χ4n) is 2.26. The summed E-state index contributed by atoms with van der Waals surface area (Å²) in [6.07, 6.45) is 1.72. The molecule has 0 radical (unpaired) electrons. The quantitative estimate of drug-likeness (QED) is 0.889. The maximum Gasteiger partial charge on any atom is 0.250 e. The SMILES string of the molecule is Cc1ccn(CC(C)(C)C(=O)Nc2ccc(CN)cc2)c(=O)c1. The van der Waals surface area contributed by atoms with Crippen LogP contribution in [0.25, 0.3) is 0 Å². The Labute approximate surface area is 136 Å². The van der Waals surface area contributed by atoms with Gasteiger partial charge in [0.2, 0.25) is 5.91 Å². The van der Waals surface area contributed by atoms with Crippen LogP contribution in [0.5, 0.6) is 0 Å². The zero-order valence-corrected chi connectivity index (χ0v) is 13.8. The molecule has 5 nitrogen and oxygen atoms in total. The molecule has 1 aromatic heterocycles. The van der Waals surface area contributed by atoms with Gasteiger partial charge in [-0.15, -0.1) is 0 Å². The van der Waals surface area contributed by atoms with Crippen molar-refractivity contribution in [2.45, 2.75) is 33.9 Å². The number of hydrogen-bond donors (Lipinski definition) is 2. The van der Waals surface area contributed by atoms with Gasteiger partial charge >= 0.3 is 0 Å². The van der Waals surface area contributed by atoms with E-state index in [4.69, 9.17) is 5.73 Å². The second-order valence-corrected chi connectivity index (χ2v) is 6.41. The molecule has 1 aromatic carbocycles. The molecular formula is C18H23N3O2. The maximum atomic E-state index is 12.5. The molecule has 0 spiro atoms. The monoisotopic (exact) mass is 313 g/mol. The van der Waals surface area contributed by atoms with Gasteiger partial charge in [-0.1, -0.05) is 12.1 Å². The molecule has 0 atom stereocenters. The predicted octanol–water partition coefficient (Wildman–Crippen LogP) is 2.28. The van der Waals surface area contributed by atoms with Crippen molar-refractivity contribution < 1.29 is 4.79 Å². The van der Waals surface area contributed by atoms with Gasteiger partial charge in [-0.2, -0.15) is 0 Å². The van der Waals surface area contributed by atoms with Crippen LogP contribution in [-0.4, -0.2) is 10.5 Å². The van der Waals surface area contributed by atoms with Crippen molar-refractivity contribution >= 4 is 11.6 Å². The van der Waals surface area contributed by atoms with E-state index in [-0.39, 0.29) is 11.5 Å². The first-order chi connectivity index (χ1) is 10.8. The second kappa shape index (κ2) is 6.79. The van der Waals surface area contributed by atoms with Crippen LogP contribution in [0, 0.1) is 12.3 Å². The predicted molar refractivity (Wildman–Crippen MR) is 92.2 cm³/mol. The van der Waals surface area contributed by atoms with E-state index >= 15 is 0 Å². The Morgan fingerprint density at radius 3 is 2.43 bits per heavy atom. The molecule has 0 fully saturated rings. The summed E-state index contributed by atoms with van der Waals surface area (Å²) in [6.45, 7) is 6.30. The molecule has 0 aliphatic carbocycles. The lowest BCUT2D eigenvalue weighted by molar-refractivity contribution is -0.124. The molecule has 0 unspecified atom stereocenters. The van der Waals surface area contributed by atoms with Crippen molar-refractivity contribution in [3.8, 4) is 0 Å². The number of benzene rings is 1. The molecule has 0 bridgehead atoms. The van der Waals surface area contributed by atoms with Gasteiger partial charge in [-0.25, -0.2) is 0 Å². The van der Waals surface area contributed by atoms with Crippen LogP contribution in [0.3, 0.4) is 0 Å². The Bertz CT molecular complexity index is 746. The normalized spacial score (nSPS) is 11.3. The number of rotatable bonds is 5. The number of nitrogens with zero attached hydrogens (tertiary/aromatic N) is 1. The molecule has 0 saturated heterocycles. The van der Waals surface area contributed by atoms with Crippen LogP contribution >= 0.6 is 0 Å². The fourth-order valence-corrected chi connectivity index (χ4v) is 2.26. The zero-order chi connectivity index (χ0) is 17.0. The van der Waals surface area contributed by atoms with Crippen molar-refractivity contribution in [2.24, 2.45) is 11.1 Å². The Hall–Kier alpha value is -2.40. The van der Waals surface area contributed by atoms with Crippen molar-refractivity contribution in [1.82, 2.24) is 4.57 Å². The van der Waals surface area contributed by atoms with E-state index in [9.17, 15) is 9.59 Å². The molecule has 0 aliphatic rings. The highest BCUT2D eigenvalue weighted by atomic mass is 16.2. The number of pyridine rings is 1. The summed E-state index contributed by atoms with van der Waals surface area (Å²) in [7, 11) is 0. The zero-order valence-electron chi connectivity index (χ0n) is 13.8. The van der Waals surface area contributed by atoms with Gasteiger partial charge < -0.3 is 15.6 Å². The topological polar surface area (TPSA) is 77.1 Å². The molecule has 1 amide bonds. The third-order valence-electron chi connectivity index (χ3n) is 3.78. The molecule has 3 N–H and O–H groups in total. The largest absolute Gasteiger partial charge is 0.326 e. The minimum Gasteiger partial charge on any atom is -0.326 e. The lowest BCUT2D eigenvalue weighted by Gasteiger charge is -2.24. The first-order valence-corrected chi connectivity index (χ1v) is 7.59. The minimum absolute atomic E-state index is 0.0989. The summed E-state index contributed by atoms with van der Waals surface area (Å²) < 4.78 is 1.56. The molecule has 2 aromatic rings.